The number of hydrogen-bond donors (Lipinski definition) is 3. The van der Waals surface area contributed by atoms with Gasteiger partial charge in [0.25, 0.3) is 0 Å². The van der Waals surface area contributed by atoms with Crippen molar-refractivity contribution in [2.75, 3.05) is 39.8 Å². The first-order valence-electron chi connectivity index (χ1n) is 8.89. The van der Waals surface area contributed by atoms with E-state index >= 15 is 0 Å². The van der Waals surface area contributed by atoms with Crippen molar-refractivity contribution < 1.29 is 46.1 Å². The van der Waals surface area contributed by atoms with Gasteiger partial charge in [-0.25, -0.2) is 9.59 Å². The second kappa shape index (κ2) is 12.2. The van der Waals surface area contributed by atoms with Gasteiger partial charge in [-0.3, -0.25) is 0 Å². The molecule has 4 N–H and O–H groups in total. The summed E-state index contributed by atoms with van der Waals surface area (Å²) in [4.78, 5) is 22.9. The van der Waals surface area contributed by atoms with E-state index in [1.807, 2.05) is 0 Å². The Morgan fingerprint density at radius 1 is 0.862 bits per heavy atom. The Labute approximate surface area is 164 Å². The van der Waals surface area contributed by atoms with Crippen LogP contribution in [0, 0.1) is 5.92 Å². The summed E-state index contributed by atoms with van der Waals surface area (Å²) in [7, 11) is 2.23. The number of halogens is 6. The highest BCUT2D eigenvalue weighted by Crippen LogP contribution is 2.19. The number of rotatable bonds is 2. The smallest absolute Gasteiger partial charge is 0.475 e. The minimum Gasteiger partial charge on any atom is -0.475 e. The van der Waals surface area contributed by atoms with Gasteiger partial charge in [0.05, 0.1) is 0 Å². The molecule has 0 aliphatic carbocycles. The largest absolute Gasteiger partial charge is 0.490 e. The van der Waals surface area contributed by atoms with Gasteiger partial charge in [-0.1, -0.05) is 0 Å². The molecule has 2 aliphatic rings. The number of carboxylic acids is 2. The van der Waals surface area contributed by atoms with E-state index in [1.54, 1.807) is 0 Å². The maximum Gasteiger partial charge on any atom is 0.490 e. The Morgan fingerprint density at radius 2 is 1.21 bits per heavy atom. The standard InChI is InChI=1S/C12H25N3.2C2HF3O2/c1-14-6-2-11(3-7-14)10-15-8-4-12(13)5-9-15;2*3-2(4,5)1(6)7/h11-12H,2-10,13H2,1H3;2*(H,6,7). The van der Waals surface area contributed by atoms with Gasteiger partial charge >= 0.3 is 24.3 Å². The zero-order chi connectivity index (χ0) is 22.8. The number of nitrogens with two attached hydrogens (primary N) is 1. The van der Waals surface area contributed by atoms with Crippen molar-refractivity contribution in [3.05, 3.63) is 0 Å². The number of hydrogen-bond acceptors (Lipinski definition) is 5. The van der Waals surface area contributed by atoms with E-state index in [4.69, 9.17) is 25.5 Å². The van der Waals surface area contributed by atoms with E-state index in [0.717, 1.165) is 5.92 Å². The van der Waals surface area contributed by atoms with Gasteiger partial charge in [0.1, 0.15) is 0 Å². The number of aliphatic carboxylic acids is 2. The first-order valence-corrected chi connectivity index (χ1v) is 8.89. The van der Waals surface area contributed by atoms with Gasteiger partial charge in [-0.05, 0) is 64.8 Å². The Hall–Kier alpha value is -1.60. The molecule has 2 heterocycles. The van der Waals surface area contributed by atoms with Gasteiger partial charge in [0, 0.05) is 12.6 Å². The van der Waals surface area contributed by atoms with Crippen molar-refractivity contribution >= 4 is 11.9 Å². The van der Waals surface area contributed by atoms with Gasteiger partial charge in [-0.2, -0.15) is 26.3 Å². The third-order valence-corrected chi connectivity index (χ3v) is 4.47. The lowest BCUT2D eigenvalue weighted by Gasteiger charge is -2.36. The lowest BCUT2D eigenvalue weighted by Crippen LogP contribution is -2.43. The van der Waals surface area contributed by atoms with E-state index in [-0.39, 0.29) is 0 Å². The van der Waals surface area contributed by atoms with Crippen molar-refractivity contribution in [1.82, 2.24) is 9.80 Å². The highest BCUT2D eigenvalue weighted by atomic mass is 19.4. The maximum atomic E-state index is 10.6. The normalized spacial score (nSPS) is 20.1. The molecule has 13 heteroatoms. The number of carboxylic acid groups (broad SMARTS) is 2. The molecular weight excluding hydrogens is 412 g/mol. The molecule has 7 nitrogen and oxygen atoms in total. The number of alkyl halides is 6. The average molecular weight is 439 g/mol. The summed E-state index contributed by atoms with van der Waals surface area (Å²) in [5.74, 6) is -4.57. The summed E-state index contributed by atoms with van der Waals surface area (Å²) >= 11 is 0. The highest BCUT2D eigenvalue weighted by Gasteiger charge is 2.38. The summed E-state index contributed by atoms with van der Waals surface area (Å²) < 4.78 is 63.5. The molecule has 172 valence electrons. The van der Waals surface area contributed by atoms with Crippen LogP contribution in [0.1, 0.15) is 25.7 Å². The van der Waals surface area contributed by atoms with Crippen LogP contribution in [0.5, 0.6) is 0 Å². The molecule has 0 amide bonds. The van der Waals surface area contributed by atoms with E-state index < -0.39 is 24.3 Å². The summed E-state index contributed by atoms with van der Waals surface area (Å²) in [6, 6.07) is 0.471. The molecule has 2 saturated heterocycles. The zero-order valence-electron chi connectivity index (χ0n) is 16.0. The van der Waals surface area contributed by atoms with Crippen molar-refractivity contribution in [2.45, 2.75) is 44.1 Å². The van der Waals surface area contributed by atoms with Gasteiger partial charge in [0.2, 0.25) is 0 Å². The Balaban J connectivity index is 0.000000473. The second-order valence-electron chi connectivity index (χ2n) is 6.99. The number of carbonyl (C=O) groups is 2. The van der Waals surface area contributed by atoms with Crippen LogP contribution in [-0.2, 0) is 9.59 Å². The summed E-state index contributed by atoms with van der Waals surface area (Å²) in [6.07, 6.45) is -4.99. The molecule has 0 bridgehead atoms. The monoisotopic (exact) mass is 439 g/mol. The van der Waals surface area contributed by atoms with Crippen LogP contribution in [0.2, 0.25) is 0 Å². The zero-order valence-corrected chi connectivity index (χ0v) is 16.0. The Morgan fingerprint density at radius 3 is 1.52 bits per heavy atom. The fourth-order valence-electron chi connectivity index (χ4n) is 2.75. The molecule has 2 aliphatic heterocycles. The Kier molecular flexibility index (Phi) is 11.5. The predicted molar refractivity (Wildman–Crippen MR) is 91.3 cm³/mol. The van der Waals surface area contributed by atoms with Crippen LogP contribution in [0.15, 0.2) is 0 Å². The third-order valence-electron chi connectivity index (χ3n) is 4.47. The van der Waals surface area contributed by atoms with E-state index in [0.29, 0.717) is 6.04 Å². The molecule has 0 spiro atoms. The van der Waals surface area contributed by atoms with Crippen LogP contribution in [0.25, 0.3) is 0 Å². The van der Waals surface area contributed by atoms with Crippen molar-refractivity contribution in [3.63, 3.8) is 0 Å². The van der Waals surface area contributed by atoms with Gasteiger partial charge in [0.15, 0.2) is 0 Å². The molecule has 0 radical (unpaired) electrons. The van der Waals surface area contributed by atoms with Crippen LogP contribution in [-0.4, -0.2) is 90.1 Å². The number of nitrogens with zero attached hydrogens (tertiary/aromatic N) is 2. The average Bonchev–Trinajstić information content (AvgIpc) is 2.58. The summed E-state index contributed by atoms with van der Waals surface area (Å²) in [5, 5.41) is 14.2. The first-order chi connectivity index (χ1) is 13.1. The quantitative estimate of drug-likeness (QED) is 0.565. The predicted octanol–water partition coefficient (Wildman–Crippen LogP) is 2.02. The molecule has 0 unspecified atom stereocenters. The van der Waals surface area contributed by atoms with Gasteiger partial charge < -0.3 is 25.7 Å². The minimum atomic E-state index is -5.08. The molecule has 0 saturated carbocycles. The molecule has 29 heavy (non-hydrogen) atoms. The Bertz CT molecular complexity index is 456. The van der Waals surface area contributed by atoms with E-state index in [2.05, 4.69) is 16.8 Å². The fraction of sp³-hybridized carbons (Fsp3) is 0.875. The molecule has 0 aromatic heterocycles. The van der Waals surface area contributed by atoms with Crippen molar-refractivity contribution in [1.29, 1.82) is 0 Å². The van der Waals surface area contributed by atoms with Gasteiger partial charge in [-0.15, -0.1) is 0 Å². The molecule has 0 atom stereocenters. The fourth-order valence-corrected chi connectivity index (χ4v) is 2.75. The minimum absolute atomic E-state index is 0.471. The topological polar surface area (TPSA) is 107 Å². The van der Waals surface area contributed by atoms with Crippen LogP contribution < -0.4 is 5.73 Å². The molecule has 0 aromatic rings. The molecule has 2 fully saturated rings. The van der Waals surface area contributed by atoms with Crippen LogP contribution in [0.4, 0.5) is 26.3 Å². The van der Waals surface area contributed by atoms with Crippen molar-refractivity contribution in [3.8, 4) is 0 Å². The second-order valence-corrected chi connectivity index (χ2v) is 6.99. The van der Waals surface area contributed by atoms with E-state index in [1.165, 1.54) is 58.4 Å². The molecular formula is C16H27F6N3O4. The van der Waals surface area contributed by atoms with Crippen LogP contribution >= 0.6 is 0 Å². The summed E-state index contributed by atoms with van der Waals surface area (Å²) in [5.41, 5.74) is 5.91. The van der Waals surface area contributed by atoms with Crippen LogP contribution in [0.3, 0.4) is 0 Å². The lowest BCUT2D eigenvalue weighted by atomic mass is 9.95. The third kappa shape index (κ3) is 13.3. The first kappa shape index (κ1) is 27.4. The van der Waals surface area contributed by atoms with Crippen molar-refractivity contribution in [2.24, 2.45) is 11.7 Å². The number of likely N-dealkylation sites (tertiary alicyclic amines) is 2. The molecule has 2 rings (SSSR count). The maximum absolute atomic E-state index is 10.6. The van der Waals surface area contributed by atoms with E-state index in [9.17, 15) is 26.3 Å². The highest BCUT2D eigenvalue weighted by molar-refractivity contribution is 5.73. The molecule has 0 aromatic carbocycles. The lowest BCUT2D eigenvalue weighted by molar-refractivity contribution is -0.193. The summed E-state index contributed by atoms with van der Waals surface area (Å²) in [6.45, 7) is 6.36. The SMILES string of the molecule is CN1CCC(CN2CCC(N)CC2)CC1.O=C(O)C(F)(F)F.O=C(O)C(F)(F)F. The number of piperidine rings is 2.